The van der Waals surface area contributed by atoms with Gasteiger partial charge in [0.05, 0.1) is 4.92 Å². The smallest absolute Gasteiger partial charge is 0.293 e. The molecular weight excluding hydrogens is 382 g/mol. The highest BCUT2D eigenvalue weighted by molar-refractivity contribution is 6.05. The van der Waals surface area contributed by atoms with Crippen LogP contribution in [0, 0.1) is 17.0 Å². The Labute approximate surface area is 173 Å². The summed E-state index contributed by atoms with van der Waals surface area (Å²) in [5.41, 5.74) is 2.28. The predicted molar refractivity (Wildman–Crippen MR) is 115 cm³/mol. The van der Waals surface area contributed by atoms with E-state index >= 15 is 0 Å². The number of hydrogen-bond acceptors (Lipinski definition) is 5. The monoisotopic (exact) mass is 403 g/mol. The lowest BCUT2D eigenvalue weighted by Gasteiger charge is -2.10. The minimum atomic E-state index is -0.474. The average molecular weight is 403 g/mol. The van der Waals surface area contributed by atoms with Crippen LogP contribution in [0.5, 0.6) is 11.5 Å². The van der Waals surface area contributed by atoms with Crippen LogP contribution in [-0.2, 0) is 0 Å². The van der Waals surface area contributed by atoms with Crippen LogP contribution in [-0.4, -0.2) is 16.9 Å². The van der Waals surface area contributed by atoms with E-state index in [4.69, 9.17) is 4.74 Å². The number of anilines is 2. The number of carbonyl (C=O) groups excluding carboxylic acids is 1. The number of rotatable bonds is 7. The lowest BCUT2D eigenvalue weighted by atomic mass is 10.1. The Balaban J connectivity index is 1.43. The van der Waals surface area contributed by atoms with Gasteiger partial charge in [-0.2, -0.15) is 0 Å². The molecule has 0 spiro atoms. The molecule has 3 aromatic rings. The zero-order chi connectivity index (χ0) is 21.1. The van der Waals surface area contributed by atoms with Crippen molar-refractivity contribution in [1.29, 1.82) is 0 Å². The van der Waals surface area contributed by atoms with Gasteiger partial charge in [0, 0.05) is 23.4 Å². The zero-order valence-corrected chi connectivity index (χ0v) is 16.4. The minimum Gasteiger partial charge on any atom is -0.457 e. The third-order valence-electron chi connectivity index (χ3n) is 4.76. The zero-order valence-electron chi connectivity index (χ0n) is 16.4. The van der Waals surface area contributed by atoms with Crippen LogP contribution in [0.25, 0.3) is 0 Å². The van der Waals surface area contributed by atoms with Crippen molar-refractivity contribution in [3.63, 3.8) is 0 Å². The molecule has 0 aliphatic heterocycles. The van der Waals surface area contributed by atoms with E-state index in [1.54, 1.807) is 36.4 Å². The highest BCUT2D eigenvalue weighted by Crippen LogP contribution is 2.32. The van der Waals surface area contributed by atoms with E-state index in [1.807, 2.05) is 31.2 Å². The number of benzene rings is 3. The molecule has 4 rings (SSSR count). The van der Waals surface area contributed by atoms with Crippen molar-refractivity contribution in [2.45, 2.75) is 25.8 Å². The molecule has 0 radical (unpaired) electrons. The van der Waals surface area contributed by atoms with Gasteiger partial charge < -0.3 is 15.4 Å². The number of ether oxygens (including phenoxy) is 1. The first-order valence-electron chi connectivity index (χ1n) is 9.69. The molecule has 0 unspecified atom stereocenters. The van der Waals surface area contributed by atoms with E-state index in [1.165, 1.54) is 6.07 Å². The van der Waals surface area contributed by atoms with E-state index in [2.05, 4.69) is 10.6 Å². The number of amides is 1. The number of nitrogens with zero attached hydrogens (tertiary/aromatic N) is 1. The summed E-state index contributed by atoms with van der Waals surface area (Å²) < 4.78 is 5.78. The van der Waals surface area contributed by atoms with E-state index in [0.29, 0.717) is 17.1 Å². The molecule has 1 fully saturated rings. The summed E-state index contributed by atoms with van der Waals surface area (Å²) in [5.74, 6) is 0.954. The van der Waals surface area contributed by atoms with Crippen molar-refractivity contribution >= 4 is 23.0 Å². The lowest BCUT2D eigenvalue weighted by molar-refractivity contribution is -0.384. The van der Waals surface area contributed by atoms with Crippen LogP contribution in [0.2, 0.25) is 0 Å². The van der Waals surface area contributed by atoms with Gasteiger partial charge in [0.1, 0.15) is 17.2 Å². The fourth-order valence-corrected chi connectivity index (χ4v) is 2.95. The first-order chi connectivity index (χ1) is 14.5. The fourth-order valence-electron chi connectivity index (χ4n) is 2.95. The van der Waals surface area contributed by atoms with E-state index in [-0.39, 0.29) is 17.3 Å². The van der Waals surface area contributed by atoms with Crippen molar-refractivity contribution in [3.8, 4) is 11.5 Å². The predicted octanol–water partition coefficient (Wildman–Crippen LogP) is 5.52. The first-order valence-corrected chi connectivity index (χ1v) is 9.69. The number of hydrogen-bond donors (Lipinski definition) is 2. The van der Waals surface area contributed by atoms with Crippen LogP contribution >= 0.6 is 0 Å². The average Bonchev–Trinajstić information content (AvgIpc) is 3.55. The summed E-state index contributed by atoms with van der Waals surface area (Å²) >= 11 is 0. The van der Waals surface area contributed by atoms with E-state index in [9.17, 15) is 14.9 Å². The normalized spacial score (nSPS) is 12.8. The topological polar surface area (TPSA) is 93.5 Å². The summed E-state index contributed by atoms with van der Waals surface area (Å²) in [6.45, 7) is 2.01. The van der Waals surface area contributed by atoms with Gasteiger partial charge in [-0.15, -0.1) is 0 Å². The maximum absolute atomic E-state index is 12.6. The van der Waals surface area contributed by atoms with Gasteiger partial charge in [-0.05, 0) is 68.3 Å². The molecule has 1 amide bonds. The standard InChI is InChI=1S/C23H21N3O4/c1-15-2-9-19(10-3-15)30-20-11-7-18(8-12-20)25-23(27)16-4-13-21(24-17-5-6-17)22(14-16)26(28)29/h2-4,7-14,17,24H,5-6H2,1H3,(H,25,27). The molecule has 152 valence electrons. The van der Waals surface area contributed by atoms with Crippen LogP contribution in [0.15, 0.2) is 66.7 Å². The van der Waals surface area contributed by atoms with Crippen LogP contribution < -0.4 is 15.4 Å². The quantitative estimate of drug-likeness (QED) is 0.400. The van der Waals surface area contributed by atoms with Crippen molar-refractivity contribution in [1.82, 2.24) is 0 Å². The van der Waals surface area contributed by atoms with Crippen molar-refractivity contribution in [2.24, 2.45) is 0 Å². The Morgan fingerprint density at radius 3 is 2.23 bits per heavy atom. The van der Waals surface area contributed by atoms with Gasteiger partial charge in [0.25, 0.3) is 11.6 Å². The second-order valence-corrected chi connectivity index (χ2v) is 7.30. The lowest BCUT2D eigenvalue weighted by Crippen LogP contribution is -2.13. The van der Waals surface area contributed by atoms with Crippen LogP contribution in [0.1, 0.15) is 28.8 Å². The Bertz CT molecular complexity index is 1070. The molecular formula is C23H21N3O4. The van der Waals surface area contributed by atoms with Gasteiger partial charge in [-0.3, -0.25) is 14.9 Å². The number of nitro benzene ring substituents is 1. The molecule has 1 aliphatic rings. The summed E-state index contributed by atoms with van der Waals surface area (Å²) in [6.07, 6.45) is 2.01. The first kappa shape index (κ1) is 19.4. The highest BCUT2D eigenvalue weighted by atomic mass is 16.6. The summed E-state index contributed by atoms with van der Waals surface area (Å²) in [7, 11) is 0. The van der Waals surface area contributed by atoms with Gasteiger partial charge in [0.15, 0.2) is 0 Å². The van der Waals surface area contributed by atoms with Gasteiger partial charge in [-0.25, -0.2) is 0 Å². The summed E-state index contributed by atoms with van der Waals surface area (Å²) in [5, 5.41) is 17.3. The largest absolute Gasteiger partial charge is 0.457 e. The minimum absolute atomic E-state index is 0.101. The van der Waals surface area contributed by atoms with Crippen LogP contribution in [0.4, 0.5) is 17.1 Å². The van der Waals surface area contributed by atoms with E-state index in [0.717, 1.165) is 24.2 Å². The van der Waals surface area contributed by atoms with Gasteiger partial charge in [-0.1, -0.05) is 17.7 Å². The number of aryl methyl sites for hydroxylation is 1. The molecule has 3 aromatic carbocycles. The second-order valence-electron chi connectivity index (χ2n) is 7.30. The molecule has 7 heteroatoms. The summed E-state index contributed by atoms with van der Waals surface area (Å²) in [4.78, 5) is 23.5. The molecule has 0 atom stereocenters. The Kier molecular flexibility index (Phi) is 5.34. The Morgan fingerprint density at radius 2 is 1.63 bits per heavy atom. The highest BCUT2D eigenvalue weighted by Gasteiger charge is 2.25. The van der Waals surface area contributed by atoms with Crippen molar-refractivity contribution < 1.29 is 14.5 Å². The third kappa shape index (κ3) is 4.75. The summed E-state index contributed by atoms with van der Waals surface area (Å²) in [6, 6.07) is 19.4. The molecule has 0 bridgehead atoms. The maximum Gasteiger partial charge on any atom is 0.293 e. The van der Waals surface area contributed by atoms with Gasteiger partial charge >= 0.3 is 0 Å². The molecule has 1 aliphatic carbocycles. The van der Waals surface area contributed by atoms with E-state index < -0.39 is 10.8 Å². The van der Waals surface area contributed by atoms with Crippen molar-refractivity contribution in [2.75, 3.05) is 10.6 Å². The molecule has 7 nitrogen and oxygen atoms in total. The second kappa shape index (κ2) is 8.24. The number of nitro groups is 1. The number of carbonyl (C=O) groups is 1. The SMILES string of the molecule is Cc1ccc(Oc2ccc(NC(=O)c3ccc(NC4CC4)c([N+](=O)[O-])c3)cc2)cc1. The molecule has 30 heavy (non-hydrogen) atoms. The molecule has 0 aromatic heterocycles. The molecule has 2 N–H and O–H groups in total. The van der Waals surface area contributed by atoms with Crippen LogP contribution in [0.3, 0.4) is 0 Å². The Hall–Kier alpha value is -3.87. The number of nitrogens with one attached hydrogen (secondary N) is 2. The molecule has 0 saturated heterocycles. The fraction of sp³-hybridized carbons (Fsp3) is 0.174. The van der Waals surface area contributed by atoms with Crippen molar-refractivity contribution in [3.05, 3.63) is 88.0 Å². The van der Waals surface area contributed by atoms with Gasteiger partial charge in [0.2, 0.25) is 0 Å². The third-order valence-corrected chi connectivity index (χ3v) is 4.76. The maximum atomic E-state index is 12.6. The molecule has 1 saturated carbocycles. The molecule has 0 heterocycles. The Morgan fingerprint density at radius 1 is 1.00 bits per heavy atom.